The van der Waals surface area contributed by atoms with E-state index < -0.39 is 0 Å². The van der Waals surface area contributed by atoms with Gasteiger partial charge in [0.25, 0.3) is 5.56 Å². The van der Waals surface area contributed by atoms with Crippen molar-refractivity contribution in [3.05, 3.63) is 43.9 Å². The molecule has 0 N–H and O–H groups in total. The third-order valence-corrected chi connectivity index (χ3v) is 3.81. The predicted octanol–water partition coefficient (Wildman–Crippen LogP) is 2.42. The van der Waals surface area contributed by atoms with E-state index in [-0.39, 0.29) is 17.7 Å². The molecule has 6 nitrogen and oxygen atoms in total. The van der Waals surface area contributed by atoms with Crippen LogP contribution in [0, 0.1) is 24.2 Å². The molecule has 0 aliphatic rings. The number of hydrogen-bond donors (Lipinski definition) is 0. The Balaban J connectivity index is 2.36. The second-order valence-electron chi connectivity index (χ2n) is 5.20. The Morgan fingerprint density at radius 3 is 2.86 bits per heavy atom. The van der Waals surface area contributed by atoms with Gasteiger partial charge in [0, 0.05) is 16.6 Å². The molecule has 0 bridgehead atoms. The molecule has 0 radical (unpaired) electrons. The second kappa shape index (κ2) is 6.22. The Morgan fingerprint density at radius 1 is 1.52 bits per heavy atom. The summed E-state index contributed by atoms with van der Waals surface area (Å²) < 4.78 is 7.32. The van der Waals surface area contributed by atoms with Gasteiger partial charge in [0.2, 0.25) is 5.89 Å². The quantitative estimate of drug-likeness (QED) is 0.845. The van der Waals surface area contributed by atoms with Crippen molar-refractivity contribution in [1.29, 1.82) is 5.26 Å². The van der Waals surface area contributed by atoms with Crippen LogP contribution in [0.15, 0.2) is 19.9 Å². The van der Waals surface area contributed by atoms with Gasteiger partial charge in [-0.2, -0.15) is 10.2 Å². The molecule has 0 atom stereocenters. The van der Waals surface area contributed by atoms with E-state index in [1.807, 2.05) is 6.07 Å². The number of nitriles is 1. The Hall–Kier alpha value is -1.94. The first-order valence-corrected chi connectivity index (χ1v) is 7.33. The van der Waals surface area contributed by atoms with Crippen molar-refractivity contribution in [3.63, 3.8) is 0 Å². The fraction of sp³-hybridized carbons (Fsp3) is 0.429. The number of halogens is 1. The Morgan fingerprint density at radius 2 is 2.24 bits per heavy atom. The van der Waals surface area contributed by atoms with E-state index in [9.17, 15) is 4.79 Å². The number of hydrogen-bond acceptors (Lipinski definition) is 5. The zero-order chi connectivity index (χ0) is 15.6. The van der Waals surface area contributed by atoms with Gasteiger partial charge in [-0.3, -0.25) is 4.79 Å². The van der Waals surface area contributed by atoms with Crippen LogP contribution in [-0.2, 0) is 13.0 Å². The summed E-state index contributed by atoms with van der Waals surface area (Å²) in [6, 6.07) is 3.41. The molecule has 0 amide bonds. The van der Waals surface area contributed by atoms with Gasteiger partial charge in [-0.25, -0.2) is 0 Å². The van der Waals surface area contributed by atoms with Crippen molar-refractivity contribution < 1.29 is 4.52 Å². The van der Waals surface area contributed by atoms with Crippen molar-refractivity contribution >= 4 is 15.9 Å². The third kappa shape index (κ3) is 3.39. The van der Waals surface area contributed by atoms with Gasteiger partial charge in [0.15, 0.2) is 5.82 Å². The van der Waals surface area contributed by atoms with Gasteiger partial charge >= 0.3 is 0 Å². The maximum absolute atomic E-state index is 12.2. The summed E-state index contributed by atoms with van der Waals surface area (Å²) in [6.07, 6.45) is 0.722. The maximum atomic E-state index is 12.2. The van der Waals surface area contributed by atoms with Gasteiger partial charge < -0.3 is 9.09 Å². The van der Waals surface area contributed by atoms with Gasteiger partial charge in [-0.1, -0.05) is 19.0 Å². The van der Waals surface area contributed by atoms with E-state index in [4.69, 9.17) is 9.78 Å². The molecule has 2 aromatic rings. The highest BCUT2D eigenvalue weighted by Crippen LogP contribution is 2.16. The van der Waals surface area contributed by atoms with Gasteiger partial charge in [-0.05, 0) is 34.8 Å². The minimum absolute atomic E-state index is 0.0781. The lowest BCUT2D eigenvalue weighted by molar-refractivity contribution is 0.362. The average Bonchev–Trinajstić information content (AvgIpc) is 2.85. The second-order valence-corrected chi connectivity index (χ2v) is 6.05. The topological polar surface area (TPSA) is 84.7 Å². The van der Waals surface area contributed by atoms with E-state index in [1.165, 1.54) is 10.6 Å². The van der Waals surface area contributed by atoms with Crippen LogP contribution < -0.4 is 5.56 Å². The Bertz CT molecular complexity index is 755. The fourth-order valence-electron chi connectivity index (χ4n) is 1.93. The largest absolute Gasteiger partial charge is 0.337 e. The van der Waals surface area contributed by atoms with Crippen molar-refractivity contribution in [2.75, 3.05) is 0 Å². The zero-order valence-corrected chi connectivity index (χ0v) is 13.6. The van der Waals surface area contributed by atoms with Crippen LogP contribution in [0.2, 0.25) is 0 Å². The molecule has 0 unspecified atom stereocenters. The van der Waals surface area contributed by atoms with E-state index in [0.29, 0.717) is 27.8 Å². The average molecular weight is 351 g/mol. The molecule has 110 valence electrons. The van der Waals surface area contributed by atoms with Gasteiger partial charge in [0.1, 0.15) is 18.2 Å². The molecular weight excluding hydrogens is 336 g/mol. The van der Waals surface area contributed by atoms with Crippen LogP contribution in [0.25, 0.3) is 0 Å². The lowest BCUT2D eigenvalue weighted by Crippen LogP contribution is -2.25. The standard InChI is InChI=1S/C14H15BrN4O2/c1-8(2)4-12-17-13(21-18-12)7-19-9(3)11(15)5-10(6-16)14(19)20/h5,8H,4,7H2,1-3H3. The van der Waals surface area contributed by atoms with E-state index in [2.05, 4.69) is 39.9 Å². The van der Waals surface area contributed by atoms with Crippen molar-refractivity contribution in [2.24, 2.45) is 5.92 Å². The molecule has 21 heavy (non-hydrogen) atoms. The Kier molecular flexibility index (Phi) is 4.58. The molecule has 2 aromatic heterocycles. The summed E-state index contributed by atoms with van der Waals surface area (Å²) >= 11 is 3.35. The normalized spacial score (nSPS) is 10.9. The molecule has 0 saturated heterocycles. The van der Waals surface area contributed by atoms with Crippen LogP contribution in [0.1, 0.15) is 36.8 Å². The van der Waals surface area contributed by atoms with Crippen LogP contribution in [-0.4, -0.2) is 14.7 Å². The van der Waals surface area contributed by atoms with Crippen LogP contribution >= 0.6 is 15.9 Å². The van der Waals surface area contributed by atoms with Gasteiger partial charge in [-0.15, -0.1) is 0 Å². The summed E-state index contributed by atoms with van der Waals surface area (Å²) in [4.78, 5) is 16.5. The molecule has 0 aliphatic carbocycles. The van der Waals surface area contributed by atoms with Crippen molar-refractivity contribution in [3.8, 4) is 6.07 Å². The summed E-state index contributed by atoms with van der Waals surface area (Å²) in [7, 11) is 0. The van der Waals surface area contributed by atoms with Crippen molar-refractivity contribution in [2.45, 2.75) is 33.7 Å². The minimum Gasteiger partial charge on any atom is -0.337 e. The molecular formula is C14H15BrN4O2. The first kappa shape index (κ1) is 15.4. The van der Waals surface area contributed by atoms with E-state index in [0.717, 1.165) is 6.42 Å². The molecule has 2 heterocycles. The SMILES string of the molecule is Cc1c(Br)cc(C#N)c(=O)n1Cc1nc(CC(C)C)no1. The summed E-state index contributed by atoms with van der Waals surface area (Å²) in [5.41, 5.74) is 0.429. The maximum Gasteiger partial charge on any atom is 0.269 e. The zero-order valence-electron chi connectivity index (χ0n) is 12.1. The minimum atomic E-state index is -0.359. The smallest absolute Gasteiger partial charge is 0.269 e. The number of pyridine rings is 1. The lowest BCUT2D eigenvalue weighted by Gasteiger charge is -2.09. The summed E-state index contributed by atoms with van der Waals surface area (Å²) in [6.45, 7) is 6.08. The molecule has 7 heteroatoms. The van der Waals surface area contributed by atoms with Crippen molar-refractivity contribution in [1.82, 2.24) is 14.7 Å². The number of rotatable bonds is 4. The van der Waals surface area contributed by atoms with Gasteiger partial charge in [0.05, 0.1) is 0 Å². The van der Waals surface area contributed by atoms with Crippen LogP contribution in [0.3, 0.4) is 0 Å². The third-order valence-electron chi connectivity index (χ3n) is 3.01. The summed E-state index contributed by atoms with van der Waals surface area (Å²) in [5, 5.41) is 12.9. The first-order chi connectivity index (χ1) is 9.92. The Labute approximate surface area is 130 Å². The van der Waals surface area contributed by atoms with E-state index >= 15 is 0 Å². The van der Waals surface area contributed by atoms with Crippen LogP contribution in [0.4, 0.5) is 0 Å². The highest BCUT2D eigenvalue weighted by molar-refractivity contribution is 9.10. The molecule has 0 aliphatic heterocycles. The highest BCUT2D eigenvalue weighted by atomic mass is 79.9. The molecule has 0 spiro atoms. The predicted molar refractivity (Wildman–Crippen MR) is 79.8 cm³/mol. The molecule has 0 saturated carbocycles. The number of nitrogens with zero attached hydrogens (tertiary/aromatic N) is 4. The molecule has 2 rings (SSSR count). The molecule has 0 aromatic carbocycles. The summed E-state index contributed by atoms with van der Waals surface area (Å²) in [5.74, 6) is 1.41. The lowest BCUT2D eigenvalue weighted by atomic mass is 10.1. The van der Waals surface area contributed by atoms with E-state index in [1.54, 1.807) is 6.92 Å². The first-order valence-electron chi connectivity index (χ1n) is 6.54. The monoisotopic (exact) mass is 350 g/mol. The molecule has 0 fully saturated rings. The fourth-order valence-corrected chi connectivity index (χ4v) is 2.37. The highest BCUT2D eigenvalue weighted by Gasteiger charge is 2.14. The van der Waals surface area contributed by atoms with Crippen LogP contribution in [0.5, 0.6) is 0 Å². The number of aromatic nitrogens is 3.